The molecule has 0 bridgehead atoms. The minimum atomic E-state index is -0.441. The molecule has 24 heavy (non-hydrogen) atoms. The summed E-state index contributed by atoms with van der Waals surface area (Å²) in [6.45, 7) is 2.53. The highest BCUT2D eigenvalue weighted by Gasteiger charge is 2.30. The van der Waals surface area contributed by atoms with Gasteiger partial charge in [0.2, 0.25) is 0 Å². The Bertz CT molecular complexity index is 679. The van der Waals surface area contributed by atoms with Crippen molar-refractivity contribution in [1.29, 1.82) is 0 Å². The van der Waals surface area contributed by atoms with Crippen molar-refractivity contribution >= 4 is 11.6 Å². The fraction of sp³-hybridized carbons (Fsp3) is 0.300. The van der Waals surface area contributed by atoms with Crippen LogP contribution in [0.4, 0.5) is 0 Å². The van der Waals surface area contributed by atoms with Crippen molar-refractivity contribution in [2.45, 2.75) is 12.5 Å². The zero-order valence-corrected chi connectivity index (χ0v) is 13.6. The molecule has 0 amide bonds. The smallest absolute Gasteiger partial charge is 0.180 e. The van der Waals surface area contributed by atoms with E-state index >= 15 is 0 Å². The van der Waals surface area contributed by atoms with E-state index in [0.717, 1.165) is 0 Å². The molecule has 4 nitrogen and oxygen atoms in total. The van der Waals surface area contributed by atoms with Crippen LogP contribution in [-0.2, 0) is 4.74 Å². The first-order chi connectivity index (χ1) is 11.8. The number of benzene rings is 2. The van der Waals surface area contributed by atoms with Gasteiger partial charge in [0.1, 0.15) is 0 Å². The maximum Gasteiger partial charge on any atom is 0.180 e. The van der Waals surface area contributed by atoms with Gasteiger partial charge < -0.3 is 4.74 Å². The average molecular weight is 323 g/mol. The van der Waals surface area contributed by atoms with Crippen molar-refractivity contribution in [2.75, 3.05) is 26.3 Å². The Morgan fingerprint density at radius 3 is 2.00 bits per heavy atom. The van der Waals surface area contributed by atoms with Crippen molar-refractivity contribution in [2.24, 2.45) is 0 Å². The number of ketones is 2. The van der Waals surface area contributed by atoms with E-state index in [0.29, 0.717) is 37.4 Å². The van der Waals surface area contributed by atoms with Gasteiger partial charge in [0.15, 0.2) is 11.6 Å². The zero-order valence-electron chi connectivity index (χ0n) is 13.6. The average Bonchev–Trinajstić information content (AvgIpc) is 2.67. The molecule has 3 rings (SSSR count). The minimum Gasteiger partial charge on any atom is -0.379 e. The van der Waals surface area contributed by atoms with Crippen LogP contribution in [0.15, 0.2) is 60.7 Å². The van der Waals surface area contributed by atoms with Gasteiger partial charge in [0, 0.05) is 30.6 Å². The lowest BCUT2D eigenvalue weighted by molar-refractivity contribution is 0.0162. The van der Waals surface area contributed by atoms with Crippen LogP contribution >= 0.6 is 0 Å². The van der Waals surface area contributed by atoms with Crippen LogP contribution in [-0.4, -0.2) is 48.8 Å². The van der Waals surface area contributed by atoms with Gasteiger partial charge in [-0.2, -0.15) is 0 Å². The van der Waals surface area contributed by atoms with E-state index in [1.807, 2.05) is 48.5 Å². The number of hydrogen-bond donors (Lipinski definition) is 0. The number of morpholine rings is 1. The second-order valence-electron chi connectivity index (χ2n) is 5.89. The molecule has 2 aromatic rings. The first kappa shape index (κ1) is 16.6. The second kappa shape index (κ2) is 7.99. The predicted octanol–water partition coefficient (Wildman–Crippen LogP) is 2.84. The van der Waals surface area contributed by atoms with E-state index in [4.69, 9.17) is 4.74 Å². The molecule has 1 atom stereocenters. The van der Waals surface area contributed by atoms with Gasteiger partial charge >= 0.3 is 0 Å². The van der Waals surface area contributed by atoms with E-state index in [1.54, 1.807) is 12.1 Å². The summed E-state index contributed by atoms with van der Waals surface area (Å²) in [7, 11) is 0. The normalized spacial score (nSPS) is 16.5. The molecule has 0 N–H and O–H groups in total. The topological polar surface area (TPSA) is 46.6 Å². The van der Waals surface area contributed by atoms with Crippen molar-refractivity contribution in [3.63, 3.8) is 0 Å². The molecule has 1 saturated heterocycles. The largest absolute Gasteiger partial charge is 0.379 e. The van der Waals surface area contributed by atoms with Gasteiger partial charge in [-0.1, -0.05) is 60.7 Å². The molecule has 1 fully saturated rings. The standard InChI is InChI=1S/C20H21NO3/c22-19(16-7-3-1-4-8-16)15-18(21-11-13-24-14-12-21)20(23)17-9-5-2-6-10-17/h1-10,18H,11-15H2/t18-/m0/s1. The second-order valence-corrected chi connectivity index (χ2v) is 5.89. The molecule has 0 saturated carbocycles. The van der Waals surface area contributed by atoms with Crippen LogP contribution in [0.1, 0.15) is 27.1 Å². The lowest BCUT2D eigenvalue weighted by Crippen LogP contribution is -2.48. The summed E-state index contributed by atoms with van der Waals surface area (Å²) in [5.74, 6) is -0.00171. The summed E-state index contributed by atoms with van der Waals surface area (Å²) in [5.41, 5.74) is 1.30. The van der Waals surface area contributed by atoms with Gasteiger partial charge in [-0.25, -0.2) is 0 Å². The SMILES string of the molecule is O=C(C[C@@H](C(=O)c1ccccc1)N1CCOCC1)c1ccccc1. The molecule has 124 valence electrons. The first-order valence-corrected chi connectivity index (χ1v) is 8.25. The molecule has 0 spiro atoms. The minimum absolute atomic E-state index is 0.00165. The molecule has 1 heterocycles. The van der Waals surface area contributed by atoms with Crippen LogP contribution in [0, 0.1) is 0 Å². The van der Waals surface area contributed by atoms with E-state index in [1.165, 1.54) is 0 Å². The quantitative estimate of drug-likeness (QED) is 0.767. The molecule has 1 aliphatic rings. The number of Topliss-reactive ketones (excluding diaryl/α,β-unsaturated/α-hetero) is 2. The third kappa shape index (κ3) is 3.96. The van der Waals surface area contributed by atoms with Gasteiger partial charge in [0.05, 0.1) is 19.3 Å². The molecule has 1 aliphatic heterocycles. The molecule has 0 unspecified atom stereocenters. The van der Waals surface area contributed by atoms with Crippen LogP contribution < -0.4 is 0 Å². The number of ether oxygens (including phenoxy) is 1. The van der Waals surface area contributed by atoms with Crippen LogP contribution in [0.25, 0.3) is 0 Å². The summed E-state index contributed by atoms with van der Waals surface area (Å²) in [6, 6.07) is 17.9. The highest BCUT2D eigenvalue weighted by atomic mass is 16.5. The van der Waals surface area contributed by atoms with Crippen molar-refractivity contribution < 1.29 is 14.3 Å². The van der Waals surface area contributed by atoms with Crippen molar-refractivity contribution in [3.8, 4) is 0 Å². The highest BCUT2D eigenvalue weighted by molar-refractivity contribution is 6.05. The lowest BCUT2D eigenvalue weighted by Gasteiger charge is -2.33. The third-order valence-corrected chi connectivity index (χ3v) is 4.32. The molecular formula is C20H21NO3. The van der Waals surface area contributed by atoms with E-state index in [9.17, 15) is 9.59 Å². The Morgan fingerprint density at radius 2 is 1.42 bits per heavy atom. The molecule has 0 radical (unpaired) electrons. The van der Waals surface area contributed by atoms with E-state index < -0.39 is 6.04 Å². The predicted molar refractivity (Wildman–Crippen MR) is 92.3 cm³/mol. The Kier molecular flexibility index (Phi) is 5.51. The highest BCUT2D eigenvalue weighted by Crippen LogP contribution is 2.17. The monoisotopic (exact) mass is 323 g/mol. The van der Waals surface area contributed by atoms with Crippen LogP contribution in [0.5, 0.6) is 0 Å². The fourth-order valence-corrected chi connectivity index (χ4v) is 2.99. The summed E-state index contributed by atoms with van der Waals surface area (Å²) >= 11 is 0. The molecule has 2 aromatic carbocycles. The summed E-state index contributed by atoms with van der Waals surface area (Å²) in [5, 5.41) is 0. The lowest BCUT2D eigenvalue weighted by atomic mass is 9.95. The molecule has 0 aromatic heterocycles. The van der Waals surface area contributed by atoms with Crippen LogP contribution in [0.2, 0.25) is 0 Å². The van der Waals surface area contributed by atoms with Gasteiger partial charge in [-0.05, 0) is 0 Å². The van der Waals surface area contributed by atoms with Gasteiger partial charge in [-0.3, -0.25) is 14.5 Å². The number of hydrogen-bond acceptors (Lipinski definition) is 4. The number of carbonyl (C=O) groups is 2. The Hall–Kier alpha value is -2.30. The van der Waals surface area contributed by atoms with E-state index in [-0.39, 0.29) is 18.0 Å². The Labute approximate surface area is 142 Å². The third-order valence-electron chi connectivity index (χ3n) is 4.32. The number of carbonyl (C=O) groups excluding carboxylic acids is 2. The Balaban J connectivity index is 1.82. The summed E-state index contributed by atoms with van der Waals surface area (Å²) in [6.07, 6.45) is 0.192. The Morgan fingerprint density at radius 1 is 0.875 bits per heavy atom. The molecule has 4 heteroatoms. The maximum absolute atomic E-state index is 13.0. The van der Waals surface area contributed by atoms with Crippen LogP contribution in [0.3, 0.4) is 0 Å². The maximum atomic E-state index is 13.0. The van der Waals surface area contributed by atoms with Gasteiger partial charge in [-0.15, -0.1) is 0 Å². The zero-order chi connectivity index (χ0) is 16.8. The summed E-state index contributed by atoms with van der Waals surface area (Å²) < 4.78 is 5.39. The number of nitrogens with zero attached hydrogens (tertiary/aromatic N) is 1. The fourth-order valence-electron chi connectivity index (χ4n) is 2.99. The van der Waals surface area contributed by atoms with Crippen molar-refractivity contribution in [3.05, 3.63) is 71.8 Å². The number of rotatable bonds is 6. The first-order valence-electron chi connectivity index (χ1n) is 8.25. The van der Waals surface area contributed by atoms with E-state index in [2.05, 4.69) is 4.90 Å². The summed E-state index contributed by atoms with van der Waals surface area (Å²) in [4.78, 5) is 27.7. The van der Waals surface area contributed by atoms with Gasteiger partial charge in [0.25, 0.3) is 0 Å². The molecule has 0 aliphatic carbocycles. The molecular weight excluding hydrogens is 302 g/mol. The van der Waals surface area contributed by atoms with Crippen molar-refractivity contribution in [1.82, 2.24) is 4.90 Å².